The summed E-state index contributed by atoms with van der Waals surface area (Å²) in [6, 6.07) is 7.36. The highest BCUT2D eigenvalue weighted by molar-refractivity contribution is 5.77. The highest BCUT2D eigenvalue weighted by atomic mass is 16.3. The van der Waals surface area contributed by atoms with Crippen LogP contribution in [0.15, 0.2) is 24.3 Å². The van der Waals surface area contributed by atoms with Crippen molar-refractivity contribution in [2.45, 2.75) is 26.7 Å². The van der Waals surface area contributed by atoms with E-state index in [1.165, 1.54) is 5.56 Å². The van der Waals surface area contributed by atoms with Crippen molar-refractivity contribution < 1.29 is 9.90 Å². The van der Waals surface area contributed by atoms with Gasteiger partial charge in [-0.15, -0.1) is 0 Å². The lowest BCUT2D eigenvalue weighted by molar-refractivity contribution is -0.131. The third kappa shape index (κ3) is 3.62. The molecule has 6 heteroatoms. The number of anilines is 1. The average Bonchev–Trinajstić information content (AvgIpc) is 2.85. The number of phenols is 1. The van der Waals surface area contributed by atoms with Crippen molar-refractivity contribution in [3.05, 3.63) is 41.2 Å². The van der Waals surface area contributed by atoms with Crippen LogP contribution < -0.4 is 4.90 Å². The number of aryl methyl sites for hydroxylation is 2. The number of para-hydroxylation sites is 2. The topological polar surface area (TPSA) is 61.6 Å². The zero-order valence-corrected chi connectivity index (χ0v) is 15.2. The van der Waals surface area contributed by atoms with Crippen molar-refractivity contribution in [3.8, 4) is 5.75 Å². The predicted octanol–water partition coefficient (Wildman–Crippen LogP) is 2.02. The second-order valence-electron chi connectivity index (χ2n) is 6.63. The Labute approximate surface area is 148 Å². The van der Waals surface area contributed by atoms with Gasteiger partial charge in [0.05, 0.1) is 11.4 Å². The minimum Gasteiger partial charge on any atom is -0.506 e. The molecule has 6 nitrogen and oxygen atoms in total. The zero-order valence-electron chi connectivity index (χ0n) is 15.2. The van der Waals surface area contributed by atoms with Gasteiger partial charge in [0, 0.05) is 45.3 Å². The van der Waals surface area contributed by atoms with Gasteiger partial charge in [-0.25, -0.2) is 0 Å². The molecule has 25 heavy (non-hydrogen) atoms. The summed E-state index contributed by atoms with van der Waals surface area (Å²) in [5, 5.41) is 14.4. The van der Waals surface area contributed by atoms with Crippen LogP contribution in [0.4, 0.5) is 5.69 Å². The second-order valence-corrected chi connectivity index (χ2v) is 6.63. The van der Waals surface area contributed by atoms with Gasteiger partial charge in [-0.2, -0.15) is 5.10 Å². The van der Waals surface area contributed by atoms with Crippen molar-refractivity contribution in [1.29, 1.82) is 0 Å². The van der Waals surface area contributed by atoms with E-state index in [9.17, 15) is 9.90 Å². The number of hydrogen-bond acceptors (Lipinski definition) is 4. The van der Waals surface area contributed by atoms with E-state index in [-0.39, 0.29) is 5.91 Å². The number of nitrogens with zero attached hydrogens (tertiary/aromatic N) is 4. The molecule has 134 valence electrons. The summed E-state index contributed by atoms with van der Waals surface area (Å²) >= 11 is 0. The van der Waals surface area contributed by atoms with E-state index in [1.807, 2.05) is 48.7 Å². The molecule has 1 aromatic heterocycles. The van der Waals surface area contributed by atoms with E-state index in [0.29, 0.717) is 25.3 Å². The van der Waals surface area contributed by atoms with Gasteiger partial charge < -0.3 is 14.9 Å². The highest BCUT2D eigenvalue weighted by Crippen LogP contribution is 2.27. The number of carbonyl (C=O) groups excluding carboxylic acids is 1. The van der Waals surface area contributed by atoms with Crippen LogP contribution in [0.3, 0.4) is 0 Å². The maximum atomic E-state index is 12.5. The standard InChI is InChI=1S/C19H26N4O2/c1-14-16(15(2)21(3)20-14)8-9-19(25)23-12-10-22(11-13-23)17-6-4-5-7-18(17)24/h4-7,24H,8-13H2,1-3H3. The number of aromatic nitrogens is 2. The SMILES string of the molecule is Cc1nn(C)c(C)c1CCC(=O)N1CCN(c2ccccc2O)CC1. The number of carbonyl (C=O) groups is 1. The summed E-state index contributed by atoms with van der Waals surface area (Å²) in [7, 11) is 1.94. The Morgan fingerprint density at radius 3 is 2.44 bits per heavy atom. The molecule has 0 spiro atoms. The summed E-state index contributed by atoms with van der Waals surface area (Å²) in [5.74, 6) is 0.490. The molecule has 0 bridgehead atoms. The predicted molar refractivity (Wildman–Crippen MR) is 97.9 cm³/mol. The lowest BCUT2D eigenvalue weighted by Crippen LogP contribution is -2.48. The van der Waals surface area contributed by atoms with Crippen molar-refractivity contribution >= 4 is 11.6 Å². The maximum absolute atomic E-state index is 12.5. The Hall–Kier alpha value is -2.50. The van der Waals surface area contributed by atoms with Gasteiger partial charge >= 0.3 is 0 Å². The molecule has 0 radical (unpaired) electrons. The van der Waals surface area contributed by atoms with E-state index in [0.717, 1.165) is 36.6 Å². The van der Waals surface area contributed by atoms with Gasteiger partial charge in [0.1, 0.15) is 5.75 Å². The summed E-state index contributed by atoms with van der Waals surface area (Å²) in [6.07, 6.45) is 1.26. The van der Waals surface area contributed by atoms with Crippen LogP contribution in [-0.2, 0) is 18.3 Å². The van der Waals surface area contributed by atoms with Gasteiger partial charge in [0.15, 0.2) is 0 Å². The Balaban J connectivity index is 1.54. The van der Waals surface area contributed by atoms with E-state index in [4.69, 9.17) is 0 Å². The first-order valence-electron chi connectivity index (χ1n) is 8.77. The third-order valence-electron chi connectivity index (χ3n) is 5.10. The maximum Gasteiger partial charge on any atom is 0.223 e. The quantitative estimate of drug-likeness (QED) is 0.923. The van der Waals surface area contributed by atoms with Gasteiger partial charge in [-0.05, 0) is 38.0 Å². The first-order chi connectivity index (χ1) is 12.0. The van der Waals surface area contributed by atoms with Crippen molar-refractivity contribution in [2.24, 2.45) is 7.05 Å². The second kappa shape index (κ2) is 7.17. The summed E-state index contributed by atoms with van der Waals surface area (Å²) in [5.41, 5.74) is 4.17. The monoisotopic (exact) mass is 342 g/mol. The van der Waals surface area contributed by atoms with Crippen molar-refractivity contribution in [1.82, 2.24) is 14.7 Å². The Kier molecular flexibility index (Phi) is 4.97. The van der Waals surface area contributed by atoms with Gasteiger partial charge in [-0.3, -0.25) is 9.48 Å². The number of benzene rings is 1. The van der Waals surface area contributed by atoms with Gasteiger partial charge in [0.25, 0.3) is 0 Å². The molecule has 1 amide bonds. The Morgan fingerprint density at radius 1 is 1.16 bits per heavy atom. The number of aromatic hydroxyl groups is 1. The van der Waals surface area contributed by atoms with Crippen molar-refractivity contribution in [2.75, 3.05) is 31.1 Å². The molecule has 3 rings (SSSR count). The summed E-state index contributed by atoms with van der Waals surface area (Å²) in [6.45, 7) is 6.92. The summed E-state index contributed by atoms with van der Waals surface area (Å²) < 4.78 is 1.88. The fourth-order valence-corrected chi connectivity index (χ4v) is 3.50. The van der Waals surface area contributed by atoms with Crippen LogP contribution in [0.5, 0.6) is 5.75 Å². The minimum atomic E-state index is 0.194. The smallest absolute Gasteiger partial charge is 0.223 e. The first-order valence-corrected chi connectivity index (χ1v) is 8.77. The largest absolute Gasteiger partial charge is 0.506 e. The molecule has 1 N–H and O–H groups in total. The Morgan fingerprint density at radius 2 is 1.84 bits per heavy atom. The molecule has 2 aromatic rings. The van der Waals surface area contributed by atoms with Crippen LogP contribution in [0, 0.1) is 13.8 Å². The lowest BCUT2D eigenvalue weighted by atomic mass is 10.1. The molecule has 2 heterocycles. The van der Waals surface area contributed by atoms with Crippen LogP contribution in [0.25, 0.3) is 0 Å². The molecule has 1 aromatic carbocycles. The molecule has 1 fully saturated rings. The molecule has 0 unspecified atom stereocenters. The minimum absolute atomic E-state index is 0.194. The fourth-order valence-electron chi connectivity index (χ4n) is 3.50. The molecule has 0 saturated carbocycles. The number of piperazine rings is 1. The molecule has 1 aliphatic heterocycles. The van der Waals surface area contributed by atoms with E-state index in [2.05, 4.69) is 10.00 Å². The van der Waals surface area contributed by atoms with Crippen LogP contribution in [-0.4, -0.2) is 51.9 Å². The molecular formula is C19H26N4O2. The normalized spacial score (nSPS) is 14.8. The van der Waals surface area contributed by atoms with Crippen LogP contribution in [0.2, 0.25) is 0 Å². The summed E-state index contributed by atoms with van der Waals surface area (Å²) in [4.78, 5) is 16.6. The highest BCUT2D eigenvalue weighted by Gasteiger charge is 2.23. The molecular weight excluding hydrogens is 316 g/mol. The fraction of sp³-hybridized carbons (Fsp3) is 0.474. The van der Waals surface area contributed by atoms with Crippen LogP contribution >= 0.6 is 0 Å². The molecule has 1 saturated heterocycles. The molecule has 0 atom stereocenters. The number of amides is 1. The number of hydrogen-bond donors (Lipinski definition) is 1. The Bertz CT molecular complexity index is 761. The van der Waals surface area contributed by atoms with Gasteiger partial charge in [-0.1, -0.05) is 12.1 Å². The average molecular weight is 342 g/mol. The van der Waals surface area contributed by atoms with Crippen molar-refractivity contribution in [3.63, 3.8) is 0 Å². The van der Waals surface area contributed by atoms with Crippen LogP contribution in [0.1, 0.15) is 23.4 Å². The van der Waals surface area contributed by atoms with Gasteiger partial charge in [0.2, 0.25) is 5.91 Å². The molecule has 1 aliphatic rings. The van der Waals surface area contributed by atoms with E-state index in [1.54, 1.807) is 6.07 Å². The number of phenolic OH excluding ortho intramolecular Hbond substituents is 1. The number of rotatable bonds is 4. The lowest BCUT2D eigenvalue weighted by Gasteiger charge is -2.36. The molecule has 0 aliphatic carbocycles. The third-order valence-corrected chi connectivity index (χ3v) is 5.10. The first kappa shape index (κ1) is 17.3. The zero-order chi connectivity index (χ0) is 18.0. The van der Waals surface area contributed by atoms with E-state index >= 15 is 0 Å². The van der Waals surface area contributed by atoms with E-state index < -0.39 is 0 Å².